The number of carboxylic acid groups (broad SMARTS) is 2. The molecule has 0 heterocycles. The first-order valence-corrected chi connectivity index (χ1v) is 10.3. The average molecular weight is 414 g/mol. The number of carbonyl (C=O) groups excluding carboxylic acids is 2. The topological polar surface area (TPSA) is 147 Å². The number of aliphatic carboxylic acids is 2. The van der Waals surface area contributed by atoms with Crippen LogP contribution in [0.25, 0.3) is 0 Å². The number of esters is 2. The quantitative estimate of drug-likeness (QED) is 0.400. The predicted octanol–water partition coefficient (Wildman–Crippen LogP) is 1.95. The molecular weight excluding hydrogens is 384 g/mol. The number of hydrogen-bond acceptors (Lipinski definition) is 7. The minimum atomic E-state index is -1.18. The van der Waals surface area contributed by atoms with Crippen LogP contribution in [0.1, 0.15) is 64.7 Å². The van der Waals surface area contributed by atoms with Crippen molar-refractivity contribution in [2.75, 3.05) is 0 Å². The fraction of sp³-hybridized carbons (Fsp3) is 0.800. The molecule has 0 bridgehead atoms. The molecule has 0 spiro atoms. The van der Waals surface area contributed by atoms with E-state index in [-0.39, 0.29) is 19.3 Å². The van der Waals surface area contributed by atoms with E-state index in [0.29, 0.717) is 25.7 Å². The molecule has 2 fully saturated rings. The molecule has 0 radical (unpaired) electrons. The summed E-state index contributed by atoms with van der Waals surface area (Å²) in [6, 6.07) is 0. The molecule has 0 aliphatic heterocycles. The van der Waals surface area contributed by atoms with E-state index in [2.05, 4.69) is 0 Å². The largest absolute Gasteiger partial charge is 0.481 e. The number of aliphatic hydroxyl groups is 1. The van der Waals surface area contributed by atoms with E-state index < -0.39 is 59.9 Å². The highest BCUT2D eigenvalue weighted by Gasteiger charge is 2.42. The van der Waals surface area contributed by atoms with Crippen molar-refractivity contribution < 1.29 is 44.0 Å². The molecule has 0 aromatic rings. The molecule has 2 aliphatic carbocycles. The molecule has 3 N–H and O–H groups in total. The fourth-order valence-corrected chi connectivity index (χ4v) is 4.22. The Labute approximate surface area is 169 Å². The van der Waals surface area contributed by atoms with E-state index in [9.17, 15) is 34.5 Å². The SMILES string of the molecule is CCCC(OC(=O)C1CCCCC1C(=O)O)OC(=O)C1CCC(O)CC1C(=O)O. The molecule has 164 valence electrons. The van der Waals surface area contributed by atoms with Gasteiger partial charge in [-0.1, -0.05) is 19.8 Å². The lowest BCUT2D eigenvalue weighted by atomic mass is 9.78. The Kier molecular flexibility index (Phi) is 8.43. The van der Waals surface area contributed by atoms with Crippen molar-refractivity contribution in [3.8, 4) is 0 Å². The molecular formula is C20H30O9. The predicted molar refractivity (Wildman–Crippen MR) is 98.4 cm³/mol. The summed E-state index contributed by atoms with van der Waals surface area (Å²) in [7, 11) is 0. The molecule has 9 heteroatoms. The van der Waals surface area contributed by atoms with Gasteiger partial charge < -0.3 is 24.8 Å². The summed E-state index contributed by atoms with van der Waals surface area (Å²) in [6.07, 6.45) is 1.53. The van der Waals surface area contributed by atoms with Crippen LogP contribution in [0.15, 0.2) is 0 Å². The second kappa shape index (κ2) is 10.6. The van der Waals surface area contributed by atoms with E-state index in [0.717, 1.165) is 12.8 Å². The normalized spacial score (nSPS) is 30.8. The second-order valence-corrected chi connectivity index (χ2v) is 7.95. The van der Waals surface area contributed by atoms with Gasteiger partial charge in [0.2, 0.25) is 6.29 Å². The Morgan fingerprint density at radius 1 is 0.828 bits per heavy atom. The van der Waals surface area contributed by atoms with Crippen LogP contribution in [0.3, 0.4) is 0 Å². The van der Waals surface area contributed by atoms with Crippen LogP contribution in [0.4, 0.5) is 0 Å². The molecule has 6 atom stereocenters. The molecule has 29 heavy (non-hydrogen) atoms. The van der Waals surface area contributed by atoms with Crippen molar-refractivity contribution in [1.82, 2.24) is 0 Å². The Balaban J connectivity index is 2.03. The maximum Gasteiger partial charge on any atom is 0.312 e. The van der Waals surface area contributed by atoms with Gasteiger partial charge in [0.1, 0.15) is 0 Å². The van der Waals surface area contributed by atoms with Crippen LogP contribution >= 0.6 is 0 Å². The van der Waals surface area contributed by atoms with Crippen LogP contribution in [-0.2, 0) is 28.7 Å². The minimum Gasteiger partial charge on any atom is -0.481 e. The summed E-state index contributed by atoms with van der Waals surface area (Å²) >= 11 is 0. The Bertz CT molecular complexity index is 617. The first-order chi connectivity index (χ1) is 13.7. The van der Waals surface area contributed by atoms with E-state index in [1.54, 1.807) is 0 Å². The smallest absolute Gasteiger partial charge is 0.312 e. The molecule has 2 aliphatic rings. The highest BCUT2D eigenvalue weighted by Crippen LogP contribution is 2.34. The first-order valence-electron chi connectivity index (χ1n) is 10.3. The number of carbonyl (C=O) groups is 4. The number of aliphatic hydroxyl groups excluding tert-OH is 1. The van der Waals surface area contributed by atoms with Crippen molar-refractivity contribution >= 4 is 23.9 Å². The van der Waals surface area contributed by atoms with Crippen molar-refractivity contribution in [3.05, 3.63) is 0 Å². The lowest BCUT2D eigenvalue weighted by Crippen LogP contribution is -2.41. The maximum atomic E-state index is 12.6. The first kappa shape index (κ1) is 23.1. The van der Waals surface area contributed by atoms with Gasteiger partial charge >= 0.3 is 23.9 Å². The van der Waals surface area contributed by atoms with Gasteiger partial charge in [0, 0.05) is 6.42 Å². The van der Waals surface area contributed by atoms with Gasteiger partial charge in [-0.05, 0) is 38.5 Å². The molecule has 0 saturated heterocycles. The minimum absolute atomic E-state index is 0.0320. The summed E-state index contributed by atoms with van der Waals surface area (Å²) in [5.74, 6) is -7.26. The highest BCUT2D eigenvalue weighted by molar-refractivity contribution is 5.82. The molecule has 2 saturated carbocycles. The Hall–Kier alpha value is -2.16. The van der Waals surface area contributed by atoms with Gasteiger partial charge in [-0.15, -0.1) is 0 Å². The standard InChI is InChI=1S/C20H30O9/c1-2-5-16(28-19(26)13-7-4-3-6-12(13)17(22)23)29-20(27)14-9-8-11(21)10-15(14)18(24)25/h11-16,21H,2-10H2,1H3,(H,22,23)(H,24,25). The molecule has 0 aromatic heterocycles. The number of carboxylic acids is 2. The van der Waals surface area contributed by atoms with Gasteiger partial charge in [0.15, 0.2) is 0 Å². The van der Waals surface area contributed by atoms with Gasteiger partial charge in [0.25, 0.3) is 0 Å². The zero-order chi connectivity index (χ0) is 21.6. The third kappa shape index (κ3) is 6.16. The van der Waals surface area contributed by atoms with Gasteiger partial charge in [-0.2, -0.15) is 0 Å². The zero-order valence-corrected chi connectivity index (χ0v) is 16.6. The van der Waals surface area contributed by atoms with Crippen LogP contribution < -0.4 is 0 Å². The molecule has 9 nitrogen and oxygen atoms in total. The lowest BCUT2D eigenvalue weighted by molar-refractivity contribution is -0.200. The number of ether oxygens (including phenoxy) is 2. The van der Waals surface area contributed by atoms with Crippen molar-refractivity contribution in [2.45, 2.75) is 77.1 Å². The number of hydrogen-bond donors (Lipinski definition) is 3. The molecule has 0 amide bonds. The molecule has 6 unspecified atom stereocenters. The summed E-state index contributed by atoms with van der Waals surface area (Å²) in [5.41, 5.74) is 0. The third-order valence-electron chi connectivity index (χ3n) is 5.85. The van der Waals surface area contributed by atoms with E-state index in [1.165, 1.54) is 0 Å². The van der Waals surface area contributed by atoms with Crippen molar-refractivity contribution in [2.24, 2.45) is 23.7 Å². The van der Waals surface area contributed by atoms with Crippen LogP contribution in [0.5, 0.6) is 0 Å². The highest BCUT2D eigenvalue weighted by atomic mass is 16.7. The van der Waals surface area contributed by atoms with Crippen LogP contribution in [0.2, 0.25) is 0 Å². The molecule has 0 aromatic carbocycles. The monoisotopic (exact) mass is 414 g/mol. The summed E-state index contributed by atoms with van der Waals surface area (Å²) < 4.78 is 10.7. The summed E-state index contributed by atoms with van der Waals surface area (Å²) in [5, 5.41) is 28.4. The third-order valence-corrected chi connectivity index (χ3v) is 5.85. The Morgan fingerprint density at radius 2 is 1.34 bits per heavy atom. The van der Waals surface area contributed by atoms with Crippen molar-refractivity contribution in [3.63, 3.8) is 0 Å². The lowest BCUT2D eigenvalue weighted by Gasteiger charge is -2.32. The van der Waals surface area contributed by atoms with Gasteiger partial charge in [0.05, 0.1) is 29.8 Å². The zero-order valence-electron chi connectivity index (χ0n) is 16.6. The van der Waals surface area contributed by atoms with Gasteiger partial charge in [-0.3, -0.25) is 19.2 Å². The summed E-state index contributed by atoms with van der Waals surface area (Å²) in [4.78, 5) is 48.0. The van der Waals surface area contributed by atoms with E-state index in [4.69, 9.17) is 9.47 Å². The fourth-order valence-electron chi connectivity index (χ4n) is 4.22. The van der Waals surface area contributed by atoms with E-state index >= 15 is 0 Å². The second-order valence-electron chi connectivity index (χ2n) is 7.95. The van der Waals surface area contributed by atoms with Crippen LogP contribution in [-0.4, -0.2) is 51.6 Å². The van der Waals surface area contributed by atoms with Crippen molar-refractivity contribution in [1.29, 1.82) is 0 Å². The summed E-state index contributed by atoms with van der Waals surface area (Å²) in [6.45, 7) is 1.81. The van der Waals surface area contributed by atoms with Gasteiger partial charge in [-0.25, -0.2) is 0 Å². The van der Waals surface area contributed by atoms with Crippen LogP contribution in [0, 0.1) is 23.7 Å². The Morgan fingerprint density at radius 3 is 1.86 bits per heavy atom. The number of rotatable bonds is 8. The maximum absolute atomic E-state index is 12.6. The molecule has 2 rings (SSSR count). The average Bonchev–Trinajstić information content (AvgIpc) is 2.67. The van der Waals surface area contributed by atoms with E-state index in [1.807, 2.05) is 6.92 Å².